The van der Waals surface area contributed by atoms with Crippen LogP contribution in [0, 0.1) is 13.8 Å². The van der Waals surface area contributed by atoms with Crippen LogP contribution in [0.2, 0.25) is 0 Å². The fourth-order valence-corrected chi connectivity index (χ4v) is 3.11. The minimum atomic E-state index is 0.603. The molecule has 2 heterocycles. The standard InChI is InChI=1S/C16H30N4/c1-13(12-16-7-4-5-8-18-16)17-9-6-10-20-15(3)11-14(2)19-20/h11,13,16-18H,4-10,12H2,1-3H3. The molecule has 1 aromatic heterocycles. The predicted octanol–water partition coefficient (Wildman–Crippen LogP) is 2.40. The van der Waals surface area contributed by atoms with Crippen LogP contribution < -0.4 is 10.6 Å². The first-order valence-corrected chi connectivity index (χ1v) is 8.13. The third kappa shape index (κ3) is 4.91. The lowest BCUT2D eigenvalue weighted by Gasteiger charge is -2.26. The fraction of sp³-hybridized carbons (Fsp3) is 0.812. The Morgan fingerprint density at radius 3 is 2.95 bits per heavy atom. The van der Waals surface area contributed by atoms with E-state index >= 15 is 0 Å². The van der Waals surface area contributed by atoms with E-state index in [0.717, 1.165) is 31.2 Å². The molecule has 20 heavy (non-hydrogen) atoms. The molecule has 0 amide bonds. The summed E-state index contributed by atoms with van der Waals surface area (Å²) in [5.41, 5.74) is 2.38. The first-order chi connectivity index (χ1) is 9.65. The van der Waals surface area contributed by atoms with Crippen molar-refractivity contribution >= 4 is 0 Å². The number of nitrogens with zero attached hydrogens (tertiary/aromatic N) is 2. The number of rotatable bonds is 7. The van der Waals surface area contributed by atoms with E-state index in [1.54, 1.807) is 0 Å². The van der Waals surface area contributed by atoms with Crippen LogP contribution >= 0.6 is 0 Å². The van der Waals surface area contributed by atoms with Crippen LogP contribution in [0.4, 0.5) is 0 Å². The number of aryl methyl sites for hydroxylation is 3. The van der Waals surface area contributed by atoms with Gasteiger partial charge in [0.05, 0.1) is 5.69 Å². The maximum Gasteiger partial charge on any atom is 0.0596 e. The Labute approximate surface area is 123 Å². The predicted molar refractivity (Wildman–Crippen MR) is 84.0 cm³/mol. The molecule has 2 unspecified atom stereocenters. The number of nitrogens with one attached hydrogen (secondary N) is 2. The average Bonchev–Trinajstić information content (AvgIpc) is 2.74. The van der Waals surface area contributed by atoms with Gasteiger partial charge in [-0.25, -0.2) is 0 Å². The Morgan fingerprint density at radius 1 is 1.45 bits per heavy atom. The molecule has 0 spiro atoms. The molecule has 0 saturated carbocycles. The Morgan fingerprint density at radius 2 is 2.30 bits per heavy atom. The zero-order valence-corrected chi connectivity index (χ0v) is 13.3. The Hall–Kier alpha value is -0.870. The van der Waals surface area contributed by atoms with Gasteiger partial charge in [-0.15, -0.1) is 0 Å². The molecule has 4 nitrogen and oxygen atoms in total. The van der Waals surface area contributed by atoms with Crippen molar-refractivity contribution in [2.24, 2.45) is 0 Å². The zero-order valence-electron chi connectivity index (χ0n) is 13.3. The summed E-state index contributed by atoms with van der Waals surface area (Å²) >= 11 is 0. The summed E-state index contributed by atoms with van der Waals surface area (Å²) in [6, 6.07) is 3.47. The summed E-state index contributed by atoms with van der Waals surface area (Å²) in [5, 5.41) is 11.8. The van der Waals surface area contributed by atoms with Gasteiger partial charge in [0.2, 0.25) is 0 Å². The van der Waals surface area contributed by atoms with Crippen LogP contribution in [0.25, 0.3) is 0 Å². The second kappa shape index (κ2) is 7.79. The lowest BCUT2D eigenvalue weighted by molar-refractivity contribution is 0.343. The highest BCUT2D eigenvalue weighted by atomic mass is 15.3. The normalized spacial score (nSPS) is 21.1. The fourth-order valence-electron chi connectivity index (χ4n) is 3.11. The Bertz CT molecular complexity index is 393. The van der Waals surface area contributed by atoms with E-state index in [9.17, 15) is 0 Å². The summed E-state index contributed by atoms with van der Waals surface area (Å²) < 4.78 is 2.12. The molecule has 2 atom stereocenters. The van der Waals surface area contributed by atoms with E-state index in [2.05, 4.69) is 47.3 Å². The summed E-state index contributed by atoms with van der Waals surface area (Å²) in [6.45, 7) is 9.79. The van der Waals surface area contributed by atoms with Gasteiger partial charge in [0, 0.05) is 24.3 Å². The van der Waals surface area contributed by atoms with Crippen molar-refractivity contribution in [3.63, 3.8) is 0 Å². The molecule has 114 valence electrons. The Balaban J connectivity index is 1.59. The maximum absolute atomic E-state index is 4.50. The van der Waals surface area contributed by atoms with Gasteiger partial charge in [0.15, 0.2) is 0 Å². The summed E-state index contributed by atoms with van der Waals surface area (Å²) in [4.78, 5) is 0. The highest BCUT2D eigenvalue weighted by Crippen LogP contribution is 2.11. The van der Waals surface area contributed by atoms with Crippen molar-refractivity contribution in [3.05, 3.63) is 17.5 Å². The Kier molecular flexibility index (Phi) is 6.05. The van der Waals surface area contributed by atoms with Gasteiger partial charge in [0.1, 0.15) is 0 Å². The molecule has 0 aromatic carbocycles. The second-order valence-corrected chi connectivity index (χ2v) is 6.24. The lowest BCUT2D eigenvalue weighted by atomic mass is 9.99. The van der Waals surface area contributed by atoms with Gasteiger partial charge in [-0.3, -0.25) is 4.68 Å². The van der Waals surface area contributed by atoms with Gasteiger partial charge in [-0.2, -0.15) is 5.10 Å². The van der Waals surface area contributed by atoms with Gasteiger partial charge < -0.3 is 10.6 Å². The van der Waals surface area contributed by atoms with Crippen LogP contribution in [0.15, 0.2) is 6.07 Å². The van der Waals surface area contributed by atoms with Crippen LogP contribution in [0.5, 0.6) is 0 Å². The van der Waals surface area contributed by atoms with Crippen molar-refractivity contribution in [3.8, 4) is 0 Å². The molecule has 1 aromatic rings. The molecular weight excluding hydrogens is 248 g/mol. The molecule has 1 saturated heterocycles. The first-order valence-electron chi connectivity index (χ1n) is 8.13. The molecular formula is C16H30N4. The van der Waals surface area contributed by atoms with Gasteiger partial charge >= 0.3 is 0 Å². The van der Waals surface area contributed by atoms with Crippen LogP contribution in [-0.4, -0.2) is 35.0 Å². The van der Waals surface area contributed by atoms with Crippen molar-refractivity contribution < 1.29 is 0 Å². The molecule has 1 fully saturated rings. The lowest BCUT2D eigenvalue weighted by Crippen LogP contribution is -2.40. The highest BCUT2D eigenvalue weighted by Gasteiger charge is 2.15. The van der Waals surface area contributed by atoms with Crippen molar-refractivity contribution in [2.45, 2.75) is 71.5 Å². The zero-order chi connectivity index (χ0) is 14.4. The number of piperidine rings is 1. The highest BCUT2D eigenvalue weighted by molar-refractivity contribution is 5.06. The molecule has 0 radical (unpaired) electrons. The topological polar surface area (TPSA) is 41.9 Å². The van der Waals surface area contributed by atoms with Crippen molar-refractivity contribution in [1.29, 1.82) is 0 Å². The van der Waals surface area contributed by atoms with E-state index < -0.39 is 0 Å². The molecule has 0 bridgehead atoms. The smallest absolute Gasteiger partial charge is 0.0596 e. The molecule has 4 heteroatoms. The van der Waals surface area contributed by atoms with Gasteiger partial charge in [0.25, 0.3) is 0 Å². The van der Waals surface area contributed by atoms with E-state index in [4.69, 9.17) is 0 Å². The van der Waals surface area contributed by atoms with Crippen LogP contribution in [0.3, 0.4) is 0 Å². The molecule has 2 N–H and O–H groups in total. The van der Waals surface area contributed by atoms with E-state index in [-0.39, 0.29) is 0 Å². The van der Waals surface area contributed by atoms with Gasteiger partial charge in [-0.05, 0) is 65.6 Å². The first kappa shape index (κ1) is 15.5. The summed E-state index contributed by atoms with van der Waals surface area (Å²) in [5.74, 6) is 0. The maximum atomic E-state index is 4.50. The monoisotopic (exact) mass is 278 g/mol. The summed E-state index contributed by atoms with van der Waals surface area (Å²) in [6.07, 6.45) is 6.48. The van der Waals surface area contributed by atoms with E-state index in [0.29, 0.717) is 6.04 Å². The quantitative estimate of drug-likeness (QED) is 0.753. The third-order valence-electron chi connectivity index (χ3n) is 4.19. The third-order valence-corrected chi connectivity index (χ3v) is 4.19. The number of hydrogen-bond acceptors (Lipinski definition) is 3. The minimum absolute atomic E-state index is 0.603. The molecule has 0 aliphatic carbocycles. The minimum Gasteiger partial charge on any atom is -0.314 e. The molecule has 2 rings (SSSR count). The van der Waals surface area contributed by atoms with E-state index in [1.165, 1.54) is 37.9 Å². The number of hydrogen-bond donors (Lipinski definition) is 2. The summed E-state index contributed by atoms with van der Waals surface area (Å²) in [7, 11) is 0. The van der Waals surface area contributed by atoms with Crippen LogP contribution in [0.1, 0.15) is 50.4 Å². The number of aromatic nitrogens is 2. The van der Waals surface area contributed by atoms with Gasteiger partial charge in [-0.1, -0.05) is 6.42 Å². The van der Waals surface area contributed by atoms with Crippen LogP contribution in [-0.2, 0) is 6.54 Å². The SMILES string of the molecule is Cc1cc(C)n(CCCNC(C)CC2CCCCN2)n1. The van der Waals surface area contributed by atoms with Crippen molar-refractivity contribution in [1.82, 2.24) is 20.4 Å². The average molecular weight is 278 g/mol. The van der Waals surface area contributed by atoms with Crippen molar-refractivity contribution in [2.75, 3.05) is 13.1 Å². The largest absolute Gasteiger partial charge is 0.314 e. The van der Waals surface area contributed by atoms with E-state index in [1.807, 2.05) is 0 Å². The molecule has 1 aliphatic rings. The molecule has 1 aliphatic heterocycles. The second-order valence-electron chi connectivity index (χ2n) is 6.24.